The summed E-state index contributed by atoms with van der Waals surface area (Å²) in [7, 11) is 0. The summed E-state index contributed by atoms with van der Waals surface area (Å²) in [6.45, 7) is 7.46. The molecule has 3 amide bonds. The number of aliphatic hydroxyl groups is 2. The molecule has 222 valence electrons. The Labute approximate surface area is 236 Å². The Bertz CT molecular complexity index is 1330. The minimum Gasteiger partial charge on any atom is -0.434 e. The van der Waals surface area contributed by atoms with Crippen molar-refractivity contribution in [2.75, 3.05) is 31.9 Å². The Morgan fingerprint density at radius 2 is 1.98 bits per heavy atom. The lowest BCUT2D eigenvalue weighted by atomic mass is 9.94. The number of carbonyl (C=O) groups excluding carboxylic acids is 3. The van der Waals surface area contributed by atoms with E-state index in [0.717, 1.165) is 12.8 Å². The lowest BCUT2D eigenvalue weighted by molar-refractivity contribution is -0.138. The van der Waals surface area contributed by atoms with Crippen molar-refractivity contribution in [2.45, 2.75) is 70.7 Å². The van der Waals surface area contributed by atoms with Gasteiger partial charge in [0, 0.05) is 26.1 Å². The molecule has 2 aromatic rings. The lowest BCUT2D eigenvalue weighted by Gasteiger charge is -2.33. The summed E-state index contributed by atoms with van der Waals surface area (Å²) < 4.78 is 12.3. The smallest absolute Gasteiger partial charge is 0.410 e. The van der Waals surface area contributed by atoms with Crippen molar-refractivity contribution in [1.82, 2.24) is 35.1 Å². The Balaban J connectivity index is 0.00000189. The predicted molar refractivity (Wildman–Crippen MR) is 145 cm³/mol. The molecule has 0 bridgehead atoms. The first-order chi connectivity index (χ1) is 19.8. The number of piperidine rings is 1. The minimum atomic E-state index is -1.44. The average Bonchev–Trinajstić information content (AvgIpc) is 3.53. The maximum atomic E-state index is 12.2. The number of carbonyl (C=O) groups is 3. The number of aromatic nitrogens is 4. The van der Waals surface area contributed by atoms with Crippen LogP contribution in [0.15, 0.2) is 6.33 Å². The van der Waals surface area contributed by atoms with Gasteiger partial charge in [0.1, 0.15) is 17.7 Å². The molecule has 5 rings (SSSR count). The van der Waals surface area contributed by atoms with Gasteiger partial charge in [0.05, 0.1) is 12.9 Å². The van der Waals surface area contributed by atoms with Crippen LogP contribution in [-0.4, -0.2) is 103 Å². The van der Waals surface area contributed by atoms with E-state index in [1.807, 2.05) is 13.8 Å². The van der Waals surface area contributed by atoms with Gasteiger partial charge in [-0.25, -0.2) is 19.7 Å². The number of aliphatic hydroxyl groups excluding tert-OH is 2. The standard InChI is InChI=1S/C24H30N8O7.C2H6/c1-2-26-22(36)18-16(33)17(34)23(39-18)32-11-28-15-19(25)29-14(30-20(15)32)5-3-4-12-6-8-31(9-7-12)24(37)38-13-10-27-21(13)35;1-2/h11-13,16-18,23,33-34H,2,4,6-10H2,1H3,(H,26,36)(H,27,35)(H2,25,29,30);1-2H3/t13?,16?,17-,18-,23+;/m0./s1. The maximum absolute atomic E-state index is 12.2. The number of nitrogens with two attached hydrogens (primary N) is 1. The van der Waals surface area contributed by atoms with Gasteiger partial charge in [-0.05, 0) is 31.6 Å². The molecule has 3 aliphatic rings. The fourth-order valence-electron chi connectivity index (χ4n) is 4.72. The van der Waals surface area contributed by atoms with Gasteiger partial charge < -0.3 is 41.0 Å². The highest BCUT2D eigenvalue weighted by Crippen LogP contribution is 2.32. The van der Waals surface area contributed by atoms with Gasteiger partial charge in [-0.2, -0.15) is 0 Å². The zero-order chi connectivity index (χ0) is 29.7. The van der Waals surface area contributed by atoms with Crippen LogP contribution in [0.2, 0.25) is 0 Å². The second kappa shape index (κ2) is 13.1. The van der Waals surface area contributed by atoms with Crippen LogP contribution in [0.1, 0.15) is 52.1 Å². The minimum absolute atomic E-state index is 0.0864. The van der Waals surface area contributed by atoms with Crippen LogP contribution in [-0.2, 0) is 19.1 Å². The van der Waals surface area contributed by atoms with Crippen LogP contribution >= 0.6 is 0 Å². The Kier molecular flexibility index (Phi) is 9.58. The largest absolute Gasteiger partial charge is 0.434 e. The summed E-state index contributed by atoms with van der Waals surface area (Å²) in [6.07, 6.45) is -3.02. The third-order valence-corrected chi connectivity index (χ3v) is 7.03. The van der Waals surface area contributed by atoms with Gasteiger partial charge in [0.15, 0.2) is 29.9 Å². The topological polar surface area (TPSA) is 207 Å². The van der Waals surface area contributed by atoms with Gasteiger partial charge >= 0.3 is 6.09 Å². The lowest BCUT2D eigenvalue weighted by Crippen LogP contribution is -2.56. The number of nitrogens with one attached hydrogen (secondary N) is 2. The summed E-state index contributed by atoms with van der Waals surface area (Å²) in [6, 6.07) is 0. The monoisotopic (exact) mass is 572 g/mol. The Hall–Kier alpha value is -4.00. The van der Waals surface area contributed by atoms with Crippen LogP contribution in [0.25, 0.3) is 11.2 Å². The highest BCUT2D eigenvalue weighted by Gasteiger charge is 2.47. The van der Waals surface area contributed by atoms with Crippen molar-refractivity contribution in [3.05, 3.63) is 12.2 Å². The first kappa shape index (κ1) is 30.0. The van der Waals surface area contributed by atoms with Crippen molar-refractivity contribution in [1.29, 1.82) is 0 Å². The van der Waals surface area contributed by atoms with E-state index in [9.17, 15) is 24.6 Å². The number of amides is 3. The third kappa shape index (κ3) is 6.34. The number of ether oxygens (including phenoxy) is 2. The highest BCUT2D eigenvalue weighted by atomic mass is 16.6. The molecule has 41 heavy (non-hydrogen) atoms. The maximum Gasteiger partial charge on any atom is 0.410 e. The molecule has 0 aliphatic carbocycles. The molecular formula is C26H36N8O7. The van der Waals surface area contributed by atoms with Crippen LogP contribution in [0.4, 0.5) is 10.6 Å². The highest BCUT2D eigenvalue weighted by molar-refractivity contribution is 5.88. The molecule has 6 N–H and O–H groups in total. The number of β-lactam (4-membered cyclic amide) rings is 1. The number of likely N-dealkylation sites (tertiary alicyclic amines) is 1. The van der Waals surface area contributed by atoms with E-state index in [2.05, 4.69) is 37.4 Å². The summed E-state index contributed by atoms with van der Waals surface area (Å²) in [5, 5.41) is 26.0. The Morgan fingerprint density at radius 3 is 2.61 bits per heavy atom. The van der Waals surface area contributed by atoms with E-state index >= 15 is 0 Å². The van der Waals surface area contributed by atoms with E-state index < -0.39 is 42.6 Å². The normalized spacial score (nSPS) is 25.7. The van der Waals surface area contributed by atoms with E-state index in [4.69, 9.17) is 15.2 Å². The molecule has 5 atom stereocenters. The molecule has 15 heteroatoms. The van der Waals surface area contributed by atoms with E-state index in [1.54, 1.807) is 11.8 Å². The van der Waals surface area contributed by atoms with Crippen LogP contribution < -0.4 is 16.4 Å². The van der Waals surface area contributed by atoms with Gasteiger partial charge in [-0.15, -0.1) is 0 Å². The quantitative estimate of drug-likeness (QED) is 0.223. The molecule has 2 unspecified atom stereocenters. The molecule has 0 spiro atoms. The average molecular weight is 573 g/mol. The second-order valence-electron chi connectivity index (χ2n) is 9.63. The number of anilines is 1. The van der Waals surface area contributed by atoms with E-state index in [1.165, 1.54) is 10.9 Å². The second-order valence-corrected chi connectivity index (χ2v) is 9.63. The molecule has 3 fully saturated rings. The fourth-order valence-corrected chi connectivity index (χ4v) is 4.72. The Morgan fingerprint density at radius 1 is 1.24 bits per heavy atom. The zero-order valence-corrected chi connectivity index (χ0v) is 23.2. The van der Waals surface area contributed by atoms with Gasteiger partial charge in [0.25, 0.3) is 11.8 Å². The van der Waals surface area contributed by atoms with E-state index in [0.29, 0.717) is 32.6 Å². The number of nitrogens with zero attached hydrogens (tertiary/aromatic N) is 5. The van der Waals surface area contributed by atoms with Crippen molar-refractivity contribution in [3.8, 4) is 11.8 Å². The molecule has 0 saturated carbocycles. The molecule has 0 aromatic carbocycles. The summed E-state index contributed by atoms with van der Waals surface area (Å²) >= 11 is 0. The number of likely N-dealkylation sites (N-methyl/N-ethyl adjacent to an activating group) is 1. The summed E-state index contributed by atoms with van der Waals surface area (Å²) in [4.78, 5) is 50.2. The van der Waals surface area contributed by atoms with Crippen molar-refractivity contribution in [2.24, 2.45) is 5.92 Å². The van der Waals surface area contributed by atoms with E-state index in [-0.39, 0.29) is 34.6 Å². The molecule has 5 heterocycles. The molecule has 2 aromatic heterocycles. The van der Waals surface area contributed by atoms with Crippen molar-refractivity contribution >= 4 is 34.9 Å². The molecular weight excluding hydrogens is 536 g/mol. The molecule has 3 saturated heterocycles. The first-order valence-corrected chi connectivity index (χ1v) is 13.8. The first-order valence-electron chi connectivity index (χ1n) is 13.8. The number of imidazole rings is 1. The SMILES string of the molecule is CC.CCNC(=O)[C@H]1O[C@@H](n2cnc3c(N)nc(C#CCC4CCN(C(=O)OC5CNC5=O)CC4)nc32)[C@@H](O)C1O. The molecule has 3 aliphatic heterocycles. The third-order valence-electron chi connectivity index (χ3n) is 7.03. The number of hydrogen-bond donors (Lipinski definition) is 5. The van der Waals surface area contributed by atoms with Crippen LogP contribution in [0, 0.1) is 17.8 Å². The summed E-state index contributed by atoms with van der Waals surface area (Å²) in [5.41, 5.74) is 6.59. The number of fused-ring (bicyclic) bond motifs is 1. The molecule has 15 nitrogen and oxygen atoms in total. The summed E-state index contributed by atoms with van der Waals surface area (Å²) in [5.74, 6) is 5.68. The van der Waals surface area contributed by atoms with Crippen molar-refractivity contribution in [3.63, 3.8) is 0 Å². The predicted octanol–water partition coefficient (Wildman–Crippen LogP) is -0.721. The zero-order valence-electron chi connectivity index (χ0n) is 23.2. The molecule has 0 radical (unpaired) electrons. The number of rotatable bonds is 5. The van der Waals surface area contributed by atoms with Crippen molar-refractivity contribution < 1.29 is 34.1 Å². The fraction of sp³-hybridized carbons (Fsp3) is 0.615. The van der Waals surface area contributed by atoms with Crippen LogP contribution in [0.3, 0.4) is 0 Å². The number of hydrogen-bond acceptors (Lipinski definition) is 11. The van der Waals surface area contributed by atoms with Crippen LogP contribution in [0.5, 0.6) is 0 Å². The van der Waals surface area contributed by atoms with Gasteiger partial charge in [-0.3, -0.25) is 14.2 Å². The van der Waals surface area contributed by atoms with Gasteiger partial charge in [-0.1, -0.05) is 19.8 Å². The van der Waals surface area contributed by atoms with Gasteiger partial charge in [0.2, 0.25) is 5.82 Å². The number of nitrogen functional groups attached to an aromatic ring is 1.